The Balaban J connectivity index is 2.56. The van der Waals surface area contributed by atoms with Crippen molar-refractivity contribution in [2.24, 2.45) is 0 Å². The normalized spacial score (nSPS) is 12.7. The van der Waals surface area contributed by atoms with Crippen molar-refractivity contribution in [3.8, 4) is 0 Å². The fourth-order valence-corrected chi connectivity index (χ4v) is 3.97. The lowest BCUT2D eigenvalue weighted by atomic mass is 9.79. The number of esters is 1. The zero-order valence-corrected chi connectivity index (χ0v) is 21.5. The lowest BCUT2D eigenvalue weighted by Crippen LogP contribution is -2.16. The largest absolute Gasteiger partial charge is 0.462 e. The third kappa shape index (κ3) is 6.74. The van der Waals surface area contributed by atoms with Crippen molar-refractivity contribution in [1.82, 2.24) is 0 Å². The summed E-state index contributed by atoms with van der Waals surface area (Å²) in [5.74, 6) is 0.589. The van der Waals surface area contributed by atoms with Crippen LogP contribution in [-0.2, 0) is 21.3 Å². The highest BCUT2D eigenvalue weighted by Crippen LogP contribution is 2.33. The molecule has 0 bridgehead atoms. The van der Waals surface area contributed by atoms with Crippen molar-refractivity contribution < 1.29 is 9.53 Å². The minimum Gasteiger partial charge on any atom is -0.462 e. The van der Waals surface area contributed by atoms with Gasteiger partial charge in [0.15, 0.2) is 0 Å². The lowest BCUT2D eigenvalue weighted by molar-refractivity contribution is 0.0526. The maximum Gasteiger partial charge on any atom is 0.338 e. The Morgan fingerprint density at radius 2 is 1.52 bits per heavy atom. The van der Waals surface area contributed by atoms with E-state index in [0.717, 1.165) is 16.9 Å². The minimum atomic E-state index is -0.259. The summed E-state index contributed by atoms with van der Waals surface area (Å²) >= 11 is 1.76. The molecule has 2 nitrogen and oxygen atoms in total. The van der Waals surface area contributed by atoms with E-state index < -0.39 is 0 Å². The van der Waals surface area contributed by atoms with Gasteiger partial charge in [-0.2, -0.15) is 11.8 Å². The summed E-state index contributed by atoms with van der Waals surface area (Å²) in [6, 6.07) is 12.9. The van der Waals surface area contributed by atoms with Crippen LogP contribution >= 0.6 is 11.8 Å². The number of hydrogen-bond donors (Lipinski definition) is 0. The maximum absolute atomic E-state index is 12.2. The van der Waals surface area contributed by atoms with Gasteiger partial charge >= 0.3 is 5.97 Å². The van der Waals surface area contributed by atoms with Gasteiger partial charge in [0, 0.05) is 5.75 Å². The van der Waals surface area contributed by atoms with Crippen LogP contribution in [0.4, 0.5) is 0 Å². The molecule has 2 aromatic carbocycles. The number of benzene rings is 2. The van der Waals surface area contributed by atoms with Crippen LogP contribution in [0.3, 0.4) is 0 Å². The Hall–Kier alpha value is -2.00. The van der Waals surface area contributed by atoms with E-state index in [0.29, 0.717) is 12.2 Å². The number of carbonyl (C=O) groups is 1. The van der Waals surface area contributed by atoms with Crippen molar-refractivity contribution in [2.75, 3.05) is 12.9 Å². The van der Waals surface area contributed by atoms with Gasteiger partial charge in [-0.15, -0.1) is 0 Å². The topological polar surface area (TPSA) is 26.3 Å². The van der Waals surface area contributed by atoms with Gasteiger partial charge in [0.2, 0.25) is 0 Å². The van der Waals surface area contributed by atoms with Gasteiger partial charge in [-0.05, 0) is 76.5 Å². The smallest absolute Gasteiger partial charge is 0.338 e. The first-order chi connectivity index (χ1) is 14.4. The number of hydrogen-bond acceptors (Lipinski definition) is 3. The van der Waals surface area contributed by atoms with E-state index in [1.807, 2.05) is 25.1 Å². The molecule has 0 spiro atoms. The molecule has 0 heterocycles. The first-order valence-electron chi connectivity index (χ1n) is 11.0. The first kappa shape index (κ1) is 25.3. The molecule has 2 aromatic rings. The fourth-order valence-electron chi connectivity index (χ4n) is 3.41. The SMILES string of the molecule is CCOC(=O)c1ccc(/C=C(\C)c2cc(C(C)(C)C)cc(C(C)(C)C)c2)c(CSC)c1. The second-order valence-electron chi connectivity index (χ2n) is 10.2. The van der Waals surface area contributed by atoms with Gasteiger partial charge < -0.3 is 4.74 Å². The van der Waals surface area contributed by atoms with E-state index in [9.17, 15) is 4.79 Å². The highest BCUT2D eigenvalue weighted by atomic mass is 32.2. The molecule has 0 unspecified atom stereocenters. The zero-order chi connectivity index (χ0) is 23.4. The number of thioether (sulfide) groups is 1. The molecule has 0 saturated carbocycles. The van der Waals surface area contributed by atoms with Gasteiger partial charge in [0.05, 0.1) is 12.2 Å². The van der Waals surface area contributed by atoms with Crippen LogP contribution in [0.1, 0.15) is 93.6 Å². The molecule has 0 saturated heterocycles. The summed E-state index contributed by atoms with van der Waals surface area (Å²) in [5, 5.41) is 0. The monoisotopic (exact) mass is 438 g/mol. The fraction of sp³-hybridized carbons (Fsp3) is 0.464. The van der Waals surface area contributed by atoms with E-state index in [1.54, 1.807) is 11.8 Å². The predicted octanol–water partition coefficient (Wildman–Crippen LogP) is 7.88. The molecule has 0 N–H and O–H groups in total. The summed E-state index contributed by atoms with van der Waals surface area (Å²) < 4.78 is 5.18. The van der Waals surface area contributed by atoms with E-state index in [2.05, 4.69) is 79.0 Å². The molecule has 0 aromatic heterocycles. The maximum atomic E-state index is 12.2. The average Bonchev–Trinajstić information content (AvgIpc) is 2.68. The van der Waals surface area contributed by atoms with Crippen molar-refractivity contribution in [3.05, 3.63) is 69.8 Å². The molecule has 168 valence electrons. The molecule has 0 radical (unpaired) electrons. The highest BCUT2D eigenvalue weighted by Gasteiger charge is 2.21. The third-order valence-corrected chi connectivity index (χ3v) is 6.05. The van der Waals surface area contributed by atoms with Gasteiger partial charge in [0.1, 0.15) is 0 Å². The molecule has 0 aliphatic rings. The summed E-state index contributed by atoms with van der Waals surface area (Å²) in [6.07, 6.45) is 4.33. The van der Waals surface area contributed by atoms with Crippen LogP contribution in [0.15, 0.2) is 36.4 Å². The van der Waals surface area contributed by atoms with Crippen LogP contribution in [0.5, 0.6) is 0 Å². The van der Waals surface area contributed by atoms with Crippen molar-refractivity contribution >= 4 is 29.4 Å². The van der Waals surface area contributed by atoms with Gasteiger partial charge in [-0.25, -0.2) is 4.79 Å². The Morgan fingerprint density at radius 1 is 0.935 bits per heavy atom. The first-order valence-corrected chi connectivity index (χ1v) is 12.4. The summed E-state index contributed by atoms with van der Waals surface area (Å²) in [7, 11) is 0. The molecule has 0 aliphatic carbocycles. The second-order valence-corrected chi connectivity index (χ2v) is 11.1. The number of allylic oxidation sites excluding steroid dienone is 1. The zero-order valence-electron chi connectivity index (χ0n) is 20.7. The molecule has 2 rings (SSSR count). The third-order valence-electron chi connectivity index (χ3n) is 5.45. The molecule has 31 heavy (non-hydrogen) atoms. The van der Waals surface area contributed by atoms with Crippen LogP contribution in [0.25, 0.3) is 11.6 Å². The van der Waals surface area contributed by atoms with Crippen LogP contribution < -0.4 is 0 Å². The molecule has 3 heteroatoms. The van der Waals surface area contributed by atoms with E-state index in [1.165, 1.54) is 22.3 Å². The van der Waals surface area contributed by atoms with Gasteiger partial charge in [0.25, 0.3) is 0 Å². The van der Waals surface area contributed by atoms with Gasteiger partial charge in [-0.1, -0.05) is 71.9 Å². The quantitative estimate of drug-likeness (QED) is 0.339. The molecular weight excluding hydrogens is 400 g/mol. The Labute approximate surface area is 193 Å². The molecule has 0 amide bonds. The standard InChI is InChI=1S/C28H38O2S/c1-10-30-26(29)21-12-11-20(23(14-21)18-31-9)13-19(2)22-15-24(27(3,4)5)17-25(16-22)28(6,7)8/h11-17H,10,18H2,1-9H3/b19-13+. The van der Waals surface area contributed by atoms with Crippen LogP contribution in [0, 0.1) is 0 Å². The Morgan fingerprint density at radius 3 is 2.00 bits per heavy atom. The Bertz CT molecular complexity index is 924. The minimum absolute atomic E-state index is 0.0849. The van der Waals surface area contributed by atoms with Crippen LogP contribution in [0.2, 0.25) is 0 Å². The summed E-state index contributed by atoms with van der Waals surface area (Å²) in [4.78, 5) is 12.2. The van der Waals surface area contributed by atoms with Gasteiger partial charge in [-0.3, -0.25) is 0 Å². The van der Waals surface area contributed by atoms with E-state index in [-0.39, 0.29) is 16.8 Å². The molecular formula is C28H38O2S. The molecule has 0 fully saturated rings. The summed E-state index contributed by atoms with van der Waals surface area (Å²) in [5.41, 5.74) is 8.27. The second kappa shape index (κ2) is 10.1. The predicted molar refractivity (Wildman–Crippen MR) is 137 cm³/mol. The van der Waals surface area contributed by atoms with E-state index >= 15 is 0 Å². The van der Waals surface area contributed by atoms with Crippen molar-refractivity contribution in [2.45, 2.75) is 72.0 Å². The molecule has 0 atom stereocenters. The van der Waals surface area contributed by atoms with Crippen LogP contribution in [-0.4, -0.2) is 18.8 Å². The number of carbonyl (C=O) groups excluding carboxylic acids is 1. The lowest BCUT2D eigenvalue weighted by Gasteiger charge is -2.26. The molecule has 0 aliphatic heterocycles. The highest BCUT2D eigenvalue weighted by molar-refractivity contribution is 7.97. The van der Waals surface area contributed by atoms with E-state index in [4.69, 9.17) is 4.74 Å². The Kier molecular flexibility index (Phi) is 8.21. The van der Waals surface area contributed by atoms with Crippen molar-refractivity contribution in [3.63, 3.8) is 0 Å². The number of rotatable bonds is 6. The summed E-state index contributed by atoms with van der Waals surface area (Å²) in [6.45, 7) is 18.0. The number of ether oxygens (including phenoxy) is 1. The average molecular weight is 439 g/mol. The van der Waals surface area contributed by atoms with Crippen molar-refractivity contribution in [1.29, 1.82) is 0 Å².